The van der Waals surface area contributed by atoms with Gasteiger partial charge in [-0.05, 0) is 36.4 Å². The molecule has 4 N–H and O–H groups in total. The number of nitrogens with two attached hydrogens (primary N) is 2. The minimum Gasteiger partial charge on any atom is -0.455 e. The Morgan fingerprint density at radius 2 is 1.14 bits per heavy atom. The first-order valence-electron chi connectivity index (χ1n) is 6.88. The van der Waals surface area contributed by atoms with Crippen molar-refractivity contribution < 1.29 is 9.47 Å². The number of hydrogen-bond donors (Lipinski definition) is 2. The molecule has 0 saturated heterocycles. The maximum Gasteiger partial charge on any atom is 0.176 e. The molecule has 0 atom stereocenters. The van der Waals surface area contributed by atoms with Crippen LogP contribution in [0.5, 0.6) is 23.0 Å². The van der Waals surface area contributed by atoms with Crippen LogP contribution in [0.15, 0.2) is 72.8 Å². The summed E-state index contributed by atoms with van der Waals surface area (Å²) in [7, 11) is 0. The predicted molar refractivity (Wildman–Crippen MR) is 88.3 cm³/mol. The van der Waals surface area contributed by atoms with Gasteiger partial charge in [-0.3, -0.25) is 0 Å². The van der Waals surface area contributed by atoms with Gasteiger partial charge in [0.25, 0.3) is 0 Å². The molecule has 110 valence electrons. The van der Waals surface area contributed by atoms with E-state index in [2.05, 4.69) is 0 Å². The van der Waals surface area contributed by atoms with Gasteiger partial charge in [-0.1, -0.05) is 36.4 Å². The summed E-state index contributed by atoms with van der Waals surface area (Å²) in [5.74, 6) is 2.27. The molecule has 3 rings (SSSR count). The number of nitrogen functional groups attached to an aromatic ring is 2. The van der Waals surface area contributed by atoms with E-state index in [1.807, 2.05) is 60.7 Å². The monoisotopic (exact) mass is 292 g/mol. The topological polar surface area (TPSA) is 70.5 Å². The average Bonchev–Trinajstić information content (AvgIpc) is 2.56. The number of hydrogen-bond acceptors (Lipinski definition) is 4. The number of para-hydroxylation sites is 2. The van der Waals surface area contributed by atoms with E-state index in [1.54, 1.807) is 12.1 Å². The van der Waals surface area contributed by atoms with E-state index in [1.165, 1.54) is 0 Å². The van der Waals surface area contributed by atoms with Crippen molar-refractivity contribution in [1.82, 2.24) is 0 Å². The van der Waals surface area contributed by atoms with E-state index in [4.69, 9.17) is 20.9 Å². The molecule has 22 heavy (non-hydrogen) atoms. The molecular formula is C18H16N2O2. The summed E-state index contributed by atoms with van der Waals surface area (Å²) in [6.07, 6.45) is 0. The number of anilines is 2. The lowest BCUT2D eigenvalue weighted by Gasteiger charge is -2.15. The van der Waals surface area contributed by atoms with E-state index in [-0.39, 0.29) is 0 Å². The van der Waals surface area contributed by atoms with Crippen LogP contribution in [-0.4, -0.2) is 0 Å². The van der Waals surface area contributed by atoms with Gasteiger partial charge < -0.3 is 20.9 Å². The summed E-state index contributed by atoms with van der Waals surface area (Å²) in [6, 6.07) is 22.2. The van der Waals surface area contributed by atoms with Crippen molar-refractivity contribution >= 4 is 11.4 Å². The second-order valence-electron chi connectivity index (χ2n) is 4.73. The molecule has 0 aliphatic heterocycles. The minimum absolute atomic E-state index is 0.368. The van der Waals surface area contributed by atoms with E-state index in [9.17, 15) is 0 Å². The van der Waals surface area contributed by atoms with E-state index in [0.29, 0.717) is 34.4 Å². The fourth-order valence-electron chi connectivity index (χ4n) is 2.02. The molecular weight excluding hydrogens is 276 g/mol. The third-order valence-corrected chi connectivity index (χ3v) is 3.12. The standard InChI is InChI=1S/C18H16N2O2/c19-15-11-12-16(21-13-7-3-1-4-8-13)17(20)18(15)22-14-9-5-2-6-10-14/h1-12H,19-20H2. The van der Waals surface area contributed by atoms with Gasteiger partial charge in [0.1, 0.15) is 17.2 Å². The lowest BCUT2D eigenvalue weighted by atomic mass is 10.2. The molecule has 4 heteroatoms. The molecule has 0 spiro atoms. The summed E-state index contributed by atoms with van der Waals surface area (Å²) in [4.78, 5) is 0. The van der Waals surface area contributed by atoms with Crippen molar-refractivity contribution in [2.24, 2.45) is 0 Å². The molecule has 0 radical (unpaired) electrons. The lowest BCUT2D eigenvalue weighted by Crippen LogP contribution is -2.00. The molecule has 0 aliphatic rings. The number of rotatable bonds is 4. The Hall–Kier alpha value is -3.14. The SMILES string of the molecule is Nc1ccc(Oc2ccccc2)c(N)c1Oc1ccccc1. The molecule has 0 unspecified atom stereocenters. The Morgan fingerprint density at radius 1 is 0.591 bits per heavy atom. The fourth-order valence-corrected chi connectivity index (χ4v) is 2.02. The van der Waals surface area contributed by atoms with Crippen LogP contribution in [0.1, 0.15) is 0 Å². The number of benzene rings is 3. The van der Waals surface area contributed by atoms with E-state index in [0.717, 1.165) is 0 Å². The number of ether oxygens (including phenoxy) is 2. The zero-order valence-corrected chi connectivity index (χ0v) is 11.9. The smallest absolute Gasteiger partial charge is 0.176 e. The highest BCUT2D eigenvalue weighted by Gasteiger charge is 2.13. The summed E-state index contributed by atoms with van der Waals surface area (Å²) < 4.78 is 11.6. The zero-order chi connectivity index (χ0) is 15.4. The van der Waals surface area contributed by atoms with Crippen molar-refractivity contribution in [3.05, 3.63) is 72.8 Å². The second kappa shape index (κ2) is 6.10. The molecule has 0 amide bonds. The Kier molecular flexibility index (Phi) is 3.83. The fraction of sp³-hybridized carbons (Fsp3) is 0. The summed E-state index contributed by atoms with van der Waals surface area (Å²) in [5, 5.41) is 0. The van der Waals surface area contributed by atoms with Gasteiger partial charge in [-0.2, -0.15) is 0 Å². The van der Waals surface area contributed by atoms with E-state index < -0.39 is 0 Å². The molecule has 0 aliphatic carbocycles. The normalized spacial score (nSPS) is 10.2. The highest BCUT2D eigenvalue weighted by atomic mass is 16.5. The molecule has 0 saturated carbocycles. The summed E-state index contributed by atoms with van der Waals surface area (Å²) in [5.41, 5.74) is 12.9. The van der Waals surface area contributed by atoms with Crippen LogP contribution in [0.2, 0.25) is 0 Å². The van der Waals surface area contributed by atoms with Crippen LogP contribution < -0.4 is 20.9 Å². The van der Waals surface area contributed by atoms with Gasteiger partial charge in [0, 0.05) is 0 Å². The van der Waals surface area contributed by atoms with Crippen molar-refractivity contribution in [3.63, 3.8) is 0 Å². The van der Waals surface area contributed by atoms with Gasteiger partial charge in [-0.15, -0.1) is 0 Å². The minimum atomic E-state index is 0.368. The zero-order valence-electron chi connectivity index (χ0n) is 11.9. The Morgan fingerprint density at radius 3 is 1.73 bits per heavy atom. The van der Waals surface area contributed by atoms with Gasteiger partial charge >= 0.3 is 0 Å². The molecule has 0 fully saturated rings. The van der Waals surface area contributed by atoms with Gasteiger partial charge in [0.05, 0.1) is 5.69 Å². The first-order valence-corrected chi connectivity index (χ1v) is 6.88. The second-order valence-corrected chi connectivity index (χ2v) is 4.73. The predicted octanol–water partition coefficient (Wildman–Crippen LogP) is 4.44. The molecule has 3 aromatic rings. The van der Waals surface area contributed by atoms with Crippen LogP contribution in [0.4, 0.5) is 11.4 Å². The van der Waals surface area contributed by atoms with Crippen LogP contribution >= 0.6 is 0 Å². The van der Waals surface area contributed by atoms with Crippen LogP contribution in [0.3, 0.4) is 0 Å². The van der Waals surface area contributed by atoms with Crippen LogP contribution in [0.25, 0.3) is 0 Å². The highest BCUT2D eigenvalue weighted by Crippen LogP contribution is 2.41. The van der Waals surface area contributed by atoms with Crippen molar-refractivity contribution in [1.29, 1.82) is 0 Å². The average molecular weight is 292 g/mol. The van der Waals surface area contributed by atoms with Crippen molar-refractivity contribution in [3.8, 4) is 23.0 Å². The van der Waals surface area contributed by atoms with Crippen molar-refractivity contribution in [2.45, 2.75) is 0 Å². The molecule has 3 aromatic carbocycles. The Labute approximate surface area is 128 Å². The highest BCUT2D eigenvalue weighted by molar-refractivity contribution is 5.74. The van der Waals surface area contributed by atoms with E-state index >= 15 is 0 Å². The maximum atomic E-state index is 6.15. The third-order valence-electron chi connectivity index (χ3n) is 3.12. The molecule has 4 nitrogen and oxygen atoms in total. The lowest BCUT2D eigenvalue weighted by molar-refractivity contribution is 0.466. The summed E-state index contributed by atoms with van der Waals surface area (Å²) >= 11 is 0. The Bertz CT molecular complexity index is 759. The molecule has 0 aromatic heterocycles. The largest absolute Gasteiger partial charge is 0.455 e. The Balaban J connectivity index is 1.92. The van der Waals surface area contributed by atoms with Crippen LogP contribution in [0, 0.1) is 0 Å². The third kappa shape index (κ3) is 2.96. The van der Waals surface area contributed by atoms with Crippen LogP contribution in [-0.2, 0) is 0 Å². The molecule has 0 heterocycles. The quantitative estimate of drug-likeness (QED) is 0.698. The van der Waals surface area contributed by atoms with Gasteiger partial charge in [-0.25, -0.2) is 0 Å². The maximum absolute atomic E-state index is 6.15. The van der Waals surface area contributed by atoms with Gasteiger partial charge in [0.15, 0.2) is 11.5 Å². The first-order chi connectivity index (χ1) is 10.7. The first kappa shape index (κ1) is 13.8. The van der Waals surface area contributed by atoms with Gasteiger partial charge in [0.2, 0.25) is 0 Å². The summed E-state index contributed by atoms with van der Waals surface area (Å²) in [6.45, 7) is 0. The molecule has 0 bridgehead atoms. The van der Waals surface area contributed by atoms with Crippen molar-refractivity contribution in [2.75, 3.05) is 11.5 Å².